The van der Waals surface area contributed by atoms with Gasteiger partial charge in [0.25, 0.3) is 0 Å². The zero-order chi connectivity index (χ0) is 18.4. The van der Waals surface area contributed by atoms with E-state index >= 15 is 0 Å². The Morgan fingerprint density at radius 3 is 2.72 bits per heavy atom. The van der Waals surface area contributed by atoms with E-state index in [2.05, 4.69) is 20.0 Å². The Morgan fingerprint density at radius 2 is 2.16 bits per heavy atom. The van der Waals surface area contributed by atoms with Gasteiger partial charge in [-0.15, -0.1) is 5.01 Å². The highest BCUT2D eigenvalue weighted by Crippen LogP contribution is 2.23. The summed E-state index contributed by atoms with van der Waals surface area (Å²) in [5.41, 5.74) is 0.272. The van der Waals surface area contributed by atoms with Crippen molar-refractivity contribution in [3.8, 4) is 0 Å². The van der Waals surface area contributed by atoms with Gasteiger partial charge in [0, 0.05) is 32.1 Å². The van der Waals surface area contributed by atoms with Gasteiger partial charge >= 0.3 is 0 Å². The van der Waals surface area contributed by atoms with E-state index in [1.807, 2.05) is 27.7 Å². The maximum Gasteiger partial charge on any atom is 0.233 e. The first-order valence-electron chi connectivity index (χ1n) is 8.55. The quantitative estimate of drug-likeness (QED) is 0.353. The highest BCUT2D eigenvalue weighted by atomic mass is 16.7. The molecule has 0 amide bonds. The van der Waals surface area contributed by atoms with Gasteiger partial charge in [-0.1, -0.05) is 0 Å². The van der Waals surface area contributed by atoms with Crippen LogP contribution < -0.4 is 4.90 Å². The van der Waals surface area contributed by atoms with Gasteiger partial charge in [-0.25, -0.2) is 9.83 Å². The van der Waals surface area contributed by atoms with Crippen LogP contribution >= 0.6 is 0 Å². The van der Waals surface area contributed by atoms with Crippen LogP contribution in [0.4, 0.5) is 11.5 Å². The molecule has 136 valence electrons. The molecule has 8 nitrogen and oxygen atoms in total. The molecule has 1 fully saturated rings. The first kappa shape index (κ1) is 18.8. The fraction of sp³-hybridized carbons (Fsp3) is 0.647. The van der Waals surface area contributed by atoms with E-state index in [1.54, 1.807) is 23.3 Å². The summed E-state index contributed by atoms with van der Waals surface area (Å²) in [4.78, 5) is 15.9. The SMILES string of the molecule is [C-]#[N+]c1ccnc(N2CCC(O/N=[N+](\[O-])N(CC)C(C)(C)C)CC2)c1. The van der Waals surface area contributed by atoms with Crippen molar-refractivity contribution in [1.82, 2.24) is 9.99 Å². The van der Waals surface area contributed by atoms with Crippen LogP contribution in [0, 0.1) is 11.8 Å². The summed E-state index contributed by atoms with van der Waals surface area (Å²) in [7, 11) is 0. The van der Waals surface area contributed by atoms with Crippen molar-refractivity contribution in [1.29, 1.82) is 0 Å². The van der Waals surface area contributed by atoms with Crippen LogP contribution in [0.3, 0.4) is 0 Å². The number of aromatic nitrogens is 1. The van der Waals surface area contributed by atoms with Gasteiger partial charge in [-0.05, 0) is 39.8 Å². The fourth-order valence-corrected chi connectivity index (χ4v) is 2.84. The van der Waals surface area contributed by atoms with Crippen molar-refractivity contribution < 1.29 is 9.81 Å². The lowest BCUT2D eigenvalue weighted by atomic mass is 10.1. The van der Waals surface area contributed by atoms with Crippen LogP contribution in [0.2, 0.25) is 0 Å². The first-order chi connectivity index (χ1) is 11.8. The lowest BCUT2D eigenvalue weighted by Gasteiger charge is -2.32. The minimum atomic E-state index is -0.313. The maximum absolute atomic E-state index is 12.1. The summed E-state index contributed by atoms with van der Waals surface area (Å²) < 4.78 is 0. The summed E-state index contributed by atoms with van der Waals surface area (Å²) in [5.74, 6) is 0.805. The van der Waals surface area contributed by atoms with Crippen LogP contribution in [0.5, 0.6) is 0 Å². The topological polar surface area (TPSA) is 71.4 Å². The predicted octanol–water partition coefficient (Wildman–Crippen LogP) is 3.53. The molecule has 0 unspecified atom stereocenters. The van der Waals surface area contributed by atoms with Crippen LogP contribution in [-0.2, 0) is 4.84 Å². The average molecular weight is 346 g/mol. The highest BCUT2D eigenvalue weighted by Gasteiger charge is 2.28. The van der Waals surface area contributed by atoms with Gasteiger partial charge in [0.2, 0.25) is 5.28 Å². The summed E-state index contributed by atoms with van der Waals surface area (Å²) >= 11 is 0. The van der Waals surface area contributed by atoms with Crippen LogP contribution in [-0.4, -0.2) is 46.2 Å². The highest BCUT2D eigenvalue weighted by molar-refractivity contribution is 5.53. The molecule has 25 heavy (non-hydrogen) atoms. The maximum atomic E-state index is 12.1. The van der Waals surface area contributed by atoms with Gasteiger partial charge in [0.15, 0.2) is 5.69 Å². The molecule has 1 aliphatic rings. The standard InChI is InChI=1S/C17H26N6O2/c1-6-22(17(2,3)4)23(24)20-25-15-8-11-21(12-9-15)16-13-14(18-5)7-10-19-16/h7,10,13,15H,6,8-9,11-12H2,1-4H3/b23-20-. The van der Waals surface area contributed by atoms with Crippen molar-refractivity contribution in [3.63, 3.8) is 0 Å². The molecule has 8 heteroatoms. The minimum Gasteiger partial charge on any atom is -0.569 e. The zero-order valence-electron chi connectivity index (χ0n) is 15.3. The van der Waals surface area contributed by atoms with E-state index in [1.165, 1.54) is 0 Å². The summed E-state index contributed by atoms with van der Waals surface area (Å²) in [6.45, 7) is 16.9. The van der Waals surface area contributed by atoms with Gasteiger partial charge < -0.3 is 14.9 Å². The largest absolute Gasteiger partial charge is 0.569 e. The number of piperidine rings is 1. The molecule has 0 aromatic carbocycles. The van der Waals surface area contributed by atoms with Crippen LogP contribution in [0.25, 0.3) is 4.85 Å². The number of hydrogen-bond acceptors (Lipinski definition) is 5. The van der Waals surface area contributed by atoms with Gasteiger partial charge in [-0.2, -0.15) is 0 Å². The number of nitrogens with zero attached hydrogens (tertiary/aromatic N) is 6. The lowest BCUT2D eigenvalue weighted by Crippen LogP contribution is -2.45. The molecule has 2 rings (SSSR count). The van der Waals surface area contributed by atoms with Crippen molar-refractivity contribution in [2.45, 2.75) is 52.2 Å². The predicted molar refractivity (Wildman–Crippen MR) is 95.0 cm³/mol. The smallest absolute Gasteiger partial charge is 0.233 e. The summed E-state index contributed by atoms with van der Waals surface area (Å²) in [6.07, 6.45) is 3.07. The Balaban J connectivity index is 1.90. The molecule has 0 atom stereocenters. The number of hydrazine groups is 1. The zero-order valence-corrected chi connectivity index (χ0v) is 15.3. The van der Waals surface area contributed by atoms with Crippen molar-refractivity contribution in [3.05, 3.63) is 35.0 Å². The lowest BCUT2D eigenvalue weighted by molar-refractivity contribution is -0.725. The van der Waals surface area contributed by atoms with Gasteiger partial charge in [0.1, 0.15) is 11.9 Å². The third kappa shape index (κ3) is 4.95. The van der Waals surface area contributed by atoms with Crippen LogP contribution in [0.15, 0.2) is 23.6 Å². The Bertz CT molecular complexity index is 641. The van der Waals surface area contributed by atoms with Crippen molar-refractivity contribution in [2.75, 3.05) is 24.5 Å². The second-order valence-corrected chi connectivity index (χ2v) is 7.00. The third-order valence-corrected chi connectivity index (χ3v) is 4.17. The molecule has 2 heterocycles. The van der Waals surface area contributed by atoms with E-state index in [0.717, 1.165) is 31.7 Å². The molecule has 0 aliphatic carbocycles. The number of anilines is 1. The minimum absolute atomic E-state index is 0.0876. The Labute approximate surface area is 149 Å². The van der Waals surface area contributed by atoms with E-state index < -0.39 is 0 Å². The molecule has 1 aromatic rings. The molecule has 0 bridgehead atoms. The Morgan fingerprint density at radius 1 is 1.48 bits per heavy atom. The Kier molecular flexibility index (Phi) is 6.02. The number of hydrogen-bond donors (Lipinski definition) is 0. The second-order valence-electron chi connectivity index (χ2n) is 7.00. The fourth-order valence-electron chi connectivity index (χ4n) is 2.84. The van der Waals surface area contributed by atoms with E-state index in [4.69, 9.17) is 11.4 Å². The molecular formula is C17H26N6O2. The third-order valence-electron chi connectivity index (χ3n) is 4.17. The van der Waals surface area contributed by atoms with Crippen LogP contribution in [0.1, 0.15) is 40.5 Å². The van der Waals surface area contributed by atoms with Gasteiger partial charge in [0.05, 0.1) is 23.6 Å². The number of rotatable bonds is 5. The normalized spacial score (nSPS) is 16.4. The summed E-state index contributed by atoms with van der Waals surface area (Å²) in [6, 6.07) is 3.49. The van der Waals surface area contributed by atoms with Gasteiger partial charge in [-0.3, -0.25) is 0 Å². The monoisotopic (exact) mass is 346 g/mol. The molecule has 0 N–H and O–H groups in total. The van der Waals surface area contributed by atoms with Crippen molar-refractivity contribution in [2.24, 2.45) is 5.28 Å². The molecule has 1 aliphatic heterocycles. The first-order valence-corrected chi connectivity index (χ1v) is 8.55. The Hall–Kier alpha value is -2.56. The average Bonchev–Trinajstić information content (AvgIpc) is 2.60. The molecular weight excluding hydrogens is 320 g/mol. The molecule has 1 aromatic heterocycles. The second kappa shape index (κ2) is 8.01. The molecule has 0 saturated carbocycles. The van der Waals surface area contributed by atoms with E-state index in [0.29, 0.717) is 17.2 Å². The van der Waals surface area contributed by atoms with E-state index in [-0.39, 0.29) is 11.6 Å². The molecule has 0 radical (unpaired) electrons. The molecule has 1 saturated heterocycles. The van der Waals surface area contributed by atoms with E-state index in [9.17, 15) is 5.21 Å². The molecule has 0 spiro atoms. The summed E-state index contributed by atoms with van der Waals surface area (Å²) in [5, 5.41) is 17.5. The van der Waals surface area contributed by atoms with Crippen molar-refractivity contribution >= 4 is 11.5 Å². The number of pyridine rings is 1.